The van der Waals surface area contributed by atoms with Crippen molar-refractivity contribution < 1.29 is 4.39 Å². The van der Waals surface area contributed by atoms with Gasteiger partial charge in [0.05, 0.1) is 10.7 Å². The number of aromatic nitrogens is 1. The summed E-state index contributed by atoms with van der Waals surface area (Å²) in [6.07, 6.45) is 0.760. The van der Waals surface area contributed by atoms with Crippen molar-refractivity contribution in [1.82, 2.24) is 4.98 Å². The molecule has 0 aliphatic heterocycles. The summed E-state index contributed by atoms with van der Waals surface area (Å²) < 4.78 is 13.8. The van der Waals surface area contributed by atoms with Crippen LogP contribution in [0.25, 0.3) is 10.9 Å². The lowest BCUT2D eigenvalue weighted by Crippen LogP contribution is -2.09. The molecule has 0 atom stereocenters. The molecule has 0 fully saturated rings. The number of rotatable bonds is 3. The Balaban J connectivity index is 2.71. The third-order valence-electron chi connectivity index (χ3n) is 2.69. The Bertz CT molecular complexity index is 584. The van der Waals surface area contributed by atoms with E-state index in [-0.39, 0.29) is 5.52 Å². The minimum atomic E-state index is -0.392. The number of halogens is 2. The van der Waals surface area contributed by atoms with E-state index in [0.29, 0.717) is 22.0 Å². The Morgan fingerprint density at radius 1 is 1.44 bits per heavy atom. The van der Waals surface area contributed by atoms with E-state index in [1.807, 2.05) is 6.07 Å². The molecule has 96 valence electrons. The van der Waals surface area contributed by atoms with Crippen LogP contribution in [0.5, 0.6) is 0 Å². The average Bonchev–Trinajstić information content (AvgIpc) is 2.32. The molecular formula is C13H15ClFN3. The molecule has 0 amide bonds. The van der Waals surface area contributed by atoms with Gasteiger partial charge >= 0.3 is 0 Å². The highest BCUT2D eigenvalue weighted by molar-refractivity contribution is 6.36. The Hall–Kier alpha value is -1.39. The number of nitrogens with one attached hydrogen (secondary N) is 1. The second kappa shape index (κ2) is 5.08. The van der Waals surface area contributed by atoms with Crippen LogP contribution < -0.4 is 11.3 Å². The molecule has 3 nitrogen and oxygen atoms in total. The number of nitrogens with zero attached hydrogens (tertiary/aromatic N) is 1. The zero-order valence-corrected chi connectivity index (χ0v) is 11.1. The highest BCUT2D eigenvalue weighted by Gasteiger charge is 2.13. The molecule has 0 saturated heterocycles. The standard InChI is InChI=1S/C13H15ClFN3/c1-7(2)5-8-6-11(18-16)12-9(14)3-4-10(15)13(12)17-8/h3-4,6-7H,5,16H2,1-2H3,(H,17,18). The zero-order valence-electron chi connectivity index (χ0n) is 10.3. The van der Waals surface area contributed by atoms with Crippen LogP contribution in [0.1, 0.15) is 19.5 Å². The van der Waals surface area contributed by atoms with Crippen molar-refractivity contribution in [2.24, 2.45) is 11.8 Å². The first-order valence-electron chi connectivity index (χ1n) is 5.77. The normalized spacial score (nSPS) is 11.2. The first kappa shape index (κ1) is 13.1. The number of hydrogen-bond acceptors (Lipinski definition) is 3. The van der Waals surface area contributed by atoms with E-state index in [1.165, 1.54) is 12.1 Å². The highest BCUT2D eigenvalue weighted by atomic mass is 35.5. The van der Waals surface area contributed by atoms with Crippen molar-refractivity contribution in [2.45, 2.75) is 20.3 Å². The van der Waals surface area contributed by atoms with Crippen LogP contribution in [-0.4, -0.2) is 4.98 Å². The molecule has 5 heteroatoms. The maximum absolute atomic E-state index is 13.8. The van der Waals surface area contributed by atoms with Crippen LogP contribution in [0.15, 0.2) is 18.2 Å². The summed E-state index contributed by atoms with van der Waals surface area (Å²) >= 11 is 6.07. The van der Waals surface area contributed by atoms with Crippen molar-refractivity contribution in [2.75, 3.05) is 5.43 Å². The predicted molar refractivity (Wildman–Crippen MR) is 73.1 cm³/mol. The van der Waals surface area contributed by atoms with Crippen molar-refractivity contribution in [3.8, 4) is 0 Å². The van der Waals surface area contributed by atoms with E-state index in [0.717, 1.165) is 12.1 Å². The van der Waals surface area contributed by atoms with Gasteiger partial charge in [-0.2, -0.15) is 0 Å². The quantitative estimate of drug-likeness (QED) is 0.661. The maximum Gasteiger partial charge on any atom is 0.149 e. The molecule has 1 heterocycles. The highest BCUT2D eigenvalue weighted by Crippen LogP contribution is 2.31. The van der Waals surface area contributed by atoms with Gasteiger partial charge in [-0.25, -0.2) is 9.37 Å². The Kier molecular flexibility index (Phi) is 3.68. The van der Waals surface area contributed by atoms with Crippen molar-refractivity contribution in [3.05, 3.63) is 34.7 Å². The summed E-state index contributed by atoms with van der Waals surface area (Å²) in [4.78, 5) is 4.33. The monoisotopic (exact) mass is 267 g/mol. The summed E-state index contributed by atoms with van der Waals surface area (Å²) in [5, 5.41) is 0.953. The fourth-order valence-corrected chi connectivity index (χ4v) is 2.21. The van der Waals surface area contributed by atoms with E-state index < -0.39 is 5.82 Å². The Morgan fingerprint density at radius 2 is 2.17 bits per heavy atom. The fourth-order valence-electron chi connectivity index (χ4n) is 1.96. The molecule has 1 aromatic carbocycles. The number of hydrazine groups is 1. The third-order valence-corrected chi connectivity index (χ3v) is 3.00. The Labute approximate surface area is 110 Å². The molecule has 0 aliphatic carbocycles. The number of hydrogen-bond donors (Lipinski definition) is 2. The lowest BCUT2D eigenvalue weighted by atomic mass is 10.1. The van der Waals surface area contributed by atoms with E-state index in [4.69, 9.17) is 17.4 Å². The molecule has 2 rings (SSSR count). The average molecular weight is 268 g/mol. The van der Waals surface area contributed by atoms with Gasteiger partial charge in [-0.3, -0.25) is 5.84 Å². The number of pyridine rings is 1. The van der Waals surface area contributed by atoms with E-state index >= 15 is 0 Å². The molecule has 3 N–H and O–H groups in total. The number of fused-ring (bicyclic) bond motifs is 1. The van der Waals surface area contributed by atoms with Gasteiger partial charge < -0.3 is 5.43 Å². The van der Waals surface area contributed by atoms with Crippen molar-refractivity contribution in [1.29, 1.82) is 0 Å². The molecule has 0 radical (unpaired) electrons. The second-order valence-electron chi connectivity index (χ2n) is 4.66. The first-order valence-corrected chi connectivity index (χ1v) is 6.15. The van der Waals surface area contributed by atoms with Crippen molar-refractivity contribution >= 4 is 28.2 Å². The molecule has 0 saturated carbocycles. The van der Waals surface area contributed by atoms with Gasteiger partial charge in [-0.1, -0.05) is 25.4 Å². The van der Waals surface area contributed by atoms with Crippen LogP contribution in [0, 0.1) is 11.7 Å². The van der Waals surface area contributed by atoms with Gasteiger partial charge in [0.25, 0.3) is 0 Å². The SMILES string of the molecule is CC(C)Cc1cc(NN)c2c(Cl)ccc(F)c2n1. The van der Waals surface area contributed by atoms with E-state index in [1.54, 1.807) is 0 Å². The molecule has 0 bridgehead atoms. The van der Waals surface area contributed by atoms with E-state index in [2.05, 4.69) is 24.3 Å². The van der Waals surface area contributed by atoms with Crippen LogP contribution in [-0.2, 0) is 6.42 Å². The summed E-state index contributed by atoms with van der Waals surface area (Å²) in [5.41, 5.74) is 4.21. The second-order valence-corrected chi connectivity index (χ2v) is 5.06. The largest absolute Gasteiger partial charge is 0.323 e. The van der Waals surface area contributed by atoms with Gasteiger partial charge in [0.2, 0.25) is 0 Å². The topological polar surface area (TPSA) is 50.9 Å². The molecule has 0 unspecified atom stereocenters. The molecular weight excluding hydrogens is 253 g/mol. The first-order chi connectivity index (χ1) is 8.52. The third kappa shape index (κ3) is 2.40. The summed E-state index contributed by atoms with van der Waals surface area (Å²) in [7, 11) is 0. The number of nitrogens with two attached hydrogens (primary N) is 1. The zero-order chi connectivity index (χ0) is 13.3. The number of nitrogen functional groups attached to an aromatic ring is 1. The molecule has 2 aromatic rings. The fraction of sp³-hybridized carbons (Fsp3) is 0.308. The summed E-state index contributed by atoms with van der Waals surface area (Å²) in [5.74, 6) is 5.52. The summed E-state index contributed by atoms with van der Waals surface area (Å²) in [6, 6.07) is 4.63. The van der Waals surface area contributed by atoms with Crippen molar-refractivity contribution in [3.63, 3.8) is 0 Å². The van der Waals surface area contributed by atoms with Gasteiger partial charge in [0.15, 0.2) is 0 Å². The lowest BCUT2D eigenvalue weighted by Gasteiger charge is -2.12. The van der Waals surface area contributed by atoms with Gasteiger partial charge in [-0.05, 0) is 30.5 Å². The maximum atomic E-state index is 13.8. The molecule has 18 heavy (non-hydrogen) atoms. The number of benzene rings is 1. The van der Waals surface area contributed by atoms with Gasteiger partial charge in [-0.15, -0.1) is 0 Å². The van der Waals surface area contributed by atoms with Gasteiger partial charge in [0.1, 0.15) is 11.3 Å². The lowest BCUT2D eigenvalue weighted by molar-refractivity contribution is 0.625. The molecule has 1 aromatic heterocycles. The smallest absolute Gasteiger partial charge is 0.149 e. The van der Waals surface area contributed by atoms with Crippen LogP contribution in [0.3, 0.4) is 0 Å². The Morgan fingerprint density at radius 3 is 2.78 bits per heavy atom. The van der Waals surface area contributed by atoms with E-state index in [9.17, 15) is 4.39 Å². The number of anilines is 1. The predicted octanol–water partition coefficient (Wildman–Crippen LogP) is 3.51. The molecule has 0 aliphatic rings. The van der Waals surface area contributed by atoms with Gasteiger partial charge in [0, 0.05) is 11.1 Å². The minimum Gasteiger partial charge on any atom is -0.323 e. The minimum absolute atomic E-state index is 0.258. The summed E-state index contributed by atoms with van der Waals surface area (Å²) in [6.45, 7) is 4.16. The van der Waals surface area contributed by atoms with Crippen LogP contribution >= 0.6 is 11.6 Å². The molecule has 0 spiro atoms. The van der Waals surface area contributed by atoms with Crippen LogP contribution in [0.2, 0.25) is 5.02 Å². The van der Waals surface area contributed by atoms with Crippen LogP contribution in [0.4, 0.5) is 10.1 Å².